The van der Waals surface area contributed by atoms with Crippen LogP contribution in [-0.4, -0.2) is 276 Å². The Morgan fingerprint density at radius 3 is 1.55 bits per heavy atom. The molecule has 50 nitrogen and oxygen atoms in total. The normalized spacial score (nSPS) is 29.1. The Bertz CT molecular complexity index is 6620. The number of phosphoric ester groups is 3. The van der Waals surface area contributed by atoms with E-state index in [1.807, 2.05) is 6.92 Å². The maximum Gasteiger partial charge on any atom is 0.472 e. The zero-order chi connectivity index (χ0) is 106. The maximum atomic E-state index is 16.9. The van der Waals surface area contributed by atoms with E-state index in [2.05, 4.69) is 77.3 Å². The largest absolute Gasteiger partial charge is 0.480 e. The number of ether oxygens (including phenoxy) is 5. The van der Waals surface area contributed by atoms with Crippen LogP contribution in [0, 0.1) is 65.1 Å². The summed E-state index contributed by atoms with van der Waals surface area (Å²) in [5, 5.41) is 26.0. The van der Waals surface area contributed by atoms with Crippen molar-refractivity contribution in [3.05, 3.63) is 131 Å². The number of anilines is 3. The molecule has 1 aromatic carbocycles. The fourth-order valence-electron chi connectivity index (χ4n) is 19.1. The number of carboxylic acids is 1. The van der Waals surface area contributed by atoms with Crippen LogP contribution in [0.25, 0.3) is 22.1 Å². The Morgan fingerprint density at radius 1 is 0.487 bits per heavy atom. The summed E-state index contributed by atoms with van der Waals surface area (Å²) in [4.78, 5) is 220. The van der Waals surface area contributed by atoms with Crippen molar-refractivity contribution in [1.82, 2.24) is 73.3 Å². The SMILES string of the molecule is CCCCN1OCC#Cc2cn(c(=O)[nH]c2=O)[C@@H]2CC(O)[C@H](COP(=O)(O)OC3C[C@@H]4O[C@H]3COP(=O)(O)OC3C[C@@H]5O[C@H]3COP(=O)(O)OC3C[C@@H]6O[C@H]3COCCCCCCCCCCCCCCCCCC(CC(CC(CCC1=O)C(=O)N(Cc1ccccc1)OCC#Cc1cn4c(=O)nc1N)C(=O)N(CCN(C)C)OCC#Cc1cn5c3ncnc(N)c13)C(=O)N(CC(=O)O)OCC#Cc1cn6c3nc(N)[nH]c(=O)c13)O2. The van der Waals surface area contributed by atoms with Gasteiger partial charge in [-0.1, -0.05) is 181 Å². The van der Waals surface area contributed by atoms with Gasteiger partial charge in [0.1, 0.15) is 130 Å². The van der Waals surface area contributed by atoms with Crippen LogP contribution >= 0.6 is 23.5 Å². The first-order valence-corrected chi connectivity index (χ1v) is 54.8. The van der Waals surface area contributed by atoms with Gasteiger partial charge < -0.3 is 79.8 Å². The number of benzene rings is 1. The van der Waals surface area contributed by atoms with Crippen molar-refractivity contribution in [3.63, 3.8) is 0 Å². The summed E-state index contributed by atoms with van der Waals surface area (Å²) in [5.74, 6) is 12.3. The van der Waals surface area contributed by atoms with Gasteiger partial charge in [-0.25, -0.2) is 53.5 Å². The second-order valence-corrected chi connectivity index (χ2v) is 42.2. The number of aromatic amines is 2. The number of hydrogen-bond acceptors (Lipinski definition) is 36. The quantitative estimate of drug-likeness (QED) is 0.0512. The molecule has 0 saturated carbocycles. The Morgan fingerprint density at radius 2 is 0.967 bits per heavy atom. The van der Waals surface area contributed by atoms with Crippen LogP contribution in [0.15, 0.2) is 80.6 Å². The molecule has 53 heteroatoms. The van der Waals surface area contributed by atoms with E-state index in [9.17, 15) is 53.4 Å². The van der Waals surface area contributed by atoms with Gasteiger partial charge in [-0.15, -0.1) is 0 Å². The number of nitrogens with two attached hydrogens (primary N) is 3. The number of carbonyl (C=O) groups excluding carboxylic acids is 4. The number of fused-ring (bicyclic) bond motifs is 31. The number of nitrogens with one attached hydrogen (secondary N) is 2. The smallest absolute Gasteiger partial charge is 0.472 e. The number of H-pyrrole nitrogens is 2. The summed E-state index contributed by atoms with van der Waals surface area (Å²) < 4.78 is 116. The average molecular weight is 2150 g/mol. The van der Waals surface area contributed by atoms with Crippen molar-refractivity contribution in [2.75, 3.05) is 117 Å². The molecule has 0 aliphatic carbocycles. The molecule has 0 radical (unpaired) electrons. The number of nitrogens with zero attached hydrogens (tertiary/aromatic N) is 13. The first-order valence-electron chi connectivity index (χ1n) is 50.3. The van der Waals surface area contributed by atoms with Crippen molar-refractivity contribution in [3.8, 4) is 47.4 Å². The van der Waals surface area contributed by atoms with E-state index >= 15 is 28.3 Å². The molecule has 812 valence electrons. The summed E-state index contributed by atoms with van der Waals surface area (Å²) in [7, 11) is -13.3. The molecule has 15 rings (SSSR count). The van der Waals surface area contributed by atoms with Crippen LogP contribution in [-0.2, 0) is 114 Å². The van der Waals surface area contributed by atoms with Crippen molar-refractivity contribution in [2.45, 2.75) is 254 Å². The molecule has 4 amide bonds. The number of carboxylic acid groups (broad SMARTS) is 1. The molecule has 18 atom stereocenters. The molecule has 14 heterocycles. The number of phosphoric acid groups is 3. The molecular weight excluding hydrogens is 2020 g/mol. The zero-order valence-electron chi connectivity index (χ0n) is 83.4. The van der Waals surface area contributed by atoms with E-state index in [1.54, 1.807) is 49.3 Å². The number of aliphatic hydroxyl groups is 1. The summed E-state index contributed by atoms with van der Waals surface area (Å²) in [6, 6.07) is 8.49. The fourth-order valence-corrected chi connectivity index (χ4v) is 22.0. The number of hydrogen-bond donors (Lipinski definition) is 10. The standard InChI is InChI=1S/C97H127N18O32P3/c1-4-5-37-112-78(117)36-35-64-46-69-45-63-30-22-17-15-13-11-9-7-6-8-10-12-14-16-18-23-40-133-57-75-71(48-81(142-75)109-53-66(85-89(109)104-95(100)105-91(85)121)32-25-43-137-115(92(63)122)56-83(118)119)145-149(129,130)139-59-76-72(49-80(143-76)108-52-65(84-87(99)101-61-102-88(84)108)31-24-42-135-113(94(69)124)39-38-107(2)3)146-150(131,132)140-60-77-73(147-148(127,128)138-58-74-70(116)47-79(141-74)111-55-68(34-27-41-134-112)90(120)106-97(111)126)50-82(144-77)110-54-67(86(98)103-96(110)125)33-26-44-136-114(93(64)123)51-62-28-20-19-21-29-62/h19-21,28-29,52-55,61,63-64,69-77,79-82,116H,4-18,22-23,30,35-51,56-60H2,1-3H3,(H,118,119)(H,127,128)(H,129,130)(H,131,132)(H2,98,103,125)(H2,99,101,102)(H,106,120,126)(H3,100,104,105,121)/t63?,64?,69?,70?,71?,72?,73?,74-,75-,76-,77-,79-,80-,81-,82-/m0/s1. The molecule has 8 aliphatic rings. The van der Waals surface area contributed by atoms with Crippen LogP contribution in [0.4, 0.5) is 17.6 Å². The van der Waals surface area contributed by atoms with Crippen LogP contribution in [0.5, 0.6) is 0 Å². The van der Waals surface area contributed by atoms with Gasteiger partial charge in [0, 0.05) is 94.3 Å². The van der Waals surface area contributed by atoms with Crippen LogP contribution < -0.4 is 39.7 Å². The predicted molar refractivity (Wildman–Crippen MR) is 531 cm³/mol. The first kappa shape index (κ1) is 113. The lowest BCUT2D eigenvalue weighted by Gasteiger charge is -2.33. The van der Waals surface area contributed by atoms with Crippen LogP contribution in [0.1, 0.15) is 227 Å². The number of aliphatic hydroxyl groups excluding tert-OH is 1. The Hall–Kier alpha value is -11.3. The van der Waals surface area contributed by atoms with Crippen LogP contribution in [0.3, 0.4) is 0 Å². The monoisotopic (exact) mass is 2150 g/mol. The fraction of sp³-hybridized carbons (Fsp3) is 0.598. The first-order chi connectivity index (χ1) is 72.1. The molecule has 4 fully saturated rings. The molecule has 7 aromatic rings. The minimum atomic E-state index is -5.70. The number of nitrogen functional groups attached to an aromatic ring is 3. The van der Waals surface area contributed by atoms with Gasteiger partial charge in [0.15, 0.2) is 5.65 Å². The number of unbranched alkanes of at least 4 members (excludes halogenated alkanes) is 1. The lowest BCUT2D eigenvalue weighted by atomic mass is 9.81. The minimum absolute atomic E-state index is 0.0166. The summed E-state index contributed by atoms with van der Waals surface area (Å²) in [5.41, 5.74) is 15.4. The average Bonchev–Trinajstić information content (AvgIpc) is 1.61. The van der Waals surface area contributed by atoms with E-state index in [4.69, 9.17) is 87.4 Å². The van der Waals surface area contributed by atoms with Gasteiger partial charge >= 0.3 is 40.8 Å². The second-order valence-electron chi connectivity index (χ2n) is 38.0. The number of carbonyl (C=O) groups is 5. The highest BCUT2D eigenvalue weighted by Gasteiger charge is 2.50. The third-order valence-electron chi connectivity index (χ3n) is 26.8. The van der Waals surface area contributed by atoms with E-state index in [-0.39, 0.29) is 108 Å². The molecule has 13 N–H and O–H groups in total. The van der Waals surface area contributed by atoms with E-state index in [0.717, 1.165) is 114 Å². The lowest BCUT2D eigenvalue weighted by molar-refractivity contribution is -0.196. The Labute approximate surface area is 861 Å². The van der Waals surface area contributed by atoms with Crippen molar-refractivity contribution >= 4 is 92.7 Å². The van der Waals surface area contributed by atoms with E-state index in [0.29, 0.717) is 49.2 Å². The predicted octanol–water partition coefficient (Wildman–Crippen LogP) is 6.56. The number of amides is 4. The summed E-state index contributed by atoms with van der Waals surface area (Å²) >= 11 is 0. The number of aromatic nitrogens is 10. The van der Waals surface area contributed by atoms with Gasteiger partial charge in [0.2, 0.25) is 29.6 Å². The van der Waals surface area contributed by atoms with Gasteiger partial charge in [0.25, 0.3) is 11.1 Å². The molecule has 4 saturated heterocycles. The lowest BCUT2D eigenvalue weighted by Crippen LogP contribution is -2.45. The molecule has 8 aliphatic heterocycles. The third-order valence-corrected chi connectivity index (χ3v) is 29.8. The van der Waals surface area contributed by atoms with Gasteiger partial charge in [-0.2, -0.15) is 9.97 Å². The Balaban J connectivity index is 0.922. The minimum Gasteiger partial charge on any atom is -0.480 e. The number of hydroxylamine groups is 8. The highest BCUT2D eigenvalue weighted by atomic mass is 31.2. The van der Waals surface area contributed by atoms with Crippen molar-refractivity contribution in [2.24, 2.45) is 17.8 Å². The number of rotatable bonds is 10. The third kappa shape index (κ3) is 30.4. The Kier molecular flexibility index (Phi) is 39.7. The molecule has 10 unspecified atom stereocenters. The highest BCUT2D eigenvalue weighted by Crippen LogP contribution is 2.55. The van der Waals surface area contributed by atoms with E-state index in [1.165, 1.54) is 21.5 Å². The number of likely N-dealkylation sites (N-methyl/N-ethyl adjacent to an activating group) is 1. The van der Waals surface area contributed by atoms with Gasteiger partial charge in [-0.3, -0.25) is 99.2 Å². The molecule has 22 bridgehead atoms. The molecular formula is C97H127N18O32P3. The van der Waals surface area contributed by atoms with E-state index < -0.39 is 271 Å². The maximum absolute atomic E-state index is 16.9. The second kappa shape index (κ2) is 52.8. The summed E-state index contributed by atoms with van der Waals surface area (Å²) in [6.07, 6.45) is -2.83. The van der Waals surface area contributed by atoms with Crippen molar-refractivity contribution in [1.29, 1.82) is 0 Å². The van der Waals surface area contributed by atoms with Crippen LogP contribution in [0.2, 0.25) is 0 Å². The molecule has 150 heavy (non-hydrogen) atoms. The molecule has 6 aromatic heterocycles. The van der Waals surface area contributed by atoms with Gasteiger partial charge in [-0.05, 0) is 58.2 Å². The zero-order valence-corrected chi connectivity index (χ0v) is 86.0. The number of aliphatic carboxylic acids is 1. The van der Waals surface area contributed by atoms with Crippen molar-refractivity contribution < 1.29 is 133 Å². The summed E-state index contributed by atoms with van der Waals surface area (Å²) in [6.45, 7) is -5.65. The topological polar surface area (TPSA) is 642 Å². The highest BCUT2D eigenvalue weighted by molar-refractivity contribution is 7.48. The van der Waals surface area contributed by atoms with Gasteiger partial charge in [0.05, 0.1) is 73.1 Å². The molecule has 0 spiro atoms.